The van der Waals surface area contributed by atoms with E-state index in [-0.39, 0.29) is 0 Å². The number of thiazole rings is 1. The molecule has 2 rings (SSSR count). The molecule has 0 aliphatic carbocycles. The van der Waals surface area contributed by atoms with Crippen molar-refractivity contribution in [2.75, 3.05) is 31.1 Å². The topological polar surface area (TPSA) is 36.4 Å². The number of aryl methyl sites for hydroxylation is 1. The highest BCUT2D eigenvalue weighted by Crippen LogP contribution is 2.27. The van der Waals surface area contributed by atoms with E-state index in [0.717, 1.165) is 61.0 Å². The molecule has 1 saturated heterocycles. The van der Waals surface area contributed by atoms with Gasteiger partial charge in [0.1, 0.15) is 0 Å². The number of aldehydes is 1. The Morgan fingerprint density at radius 2 is 2.21 bits per heavy atom. The minimum absolute atomic E-state index is 0.553. The monoisotopic (exact) mass is 281 g/mol. The largest absolute Gasteiger partial charge is 0.345 e. The van der Waals surface area contributed by atoms with Gasteiger partial charge in [-0.05, 0) is 19.9 Å². The Hall–Kier alpha value is -0.940. The Balaban J connectivity index is 2.12. The number of carbonyl (C=O) groups excluding carboxylic acids is 1. The van der Waals surface area contributed by atoms with Crippen molar-refractivity contribution < 1.29 is 4.79 Å². The zero-order valence-electron chi connectivity index (χ0n) is 12.1. The molecule has 0 aromatic carbocycles. The SMILES string of the molecule is CCCc1nc(N2CCN(CC)C(C)C2)sc1C=O. The lowest BCUT2D eigenvalue weighted by Crippen LogP contribution is -2.51. The molecule has 0 N–H and O–H groups in total. The van der Waals surface area contributed by atoms with Crippen molar-refractivity contribution in [2.45, 2.75) is 39.7 Å². The average molecular weight is 281 g/mol. The first-order valence-electron chi connectivity index (χ1n) is 7.13. The van der Waals surface area contributed by atoms with Crippen LogP contribution >= 0.6 is 11.3 Å². The number of anilines is 1. The van der Waals surface area contributed by atoms with Gasteiger partial charge in [-0.25, -0.2) is 4.98 Å². The quantitative estimate of drug-likeness (QED) is 0.777. The molecule has 1 aliphatic rings. The summed E-state index contributed by atoms with van der Waals surface area (Å²) in [6.07, 6.45) is 2.89. The van der Waals surface area contributed by atoms with Crippen LogP contribution in [0.5, 0.6) is 0 Å². The summed E-state index contributed by atoms with van der Waals surface area (Å²) in [4.78, 5) is 21.4. The van der Waals surface area contributed by atoms with Gasteiger partial charge in [-0.2, -0.15) is 0 Å². The molecule has 2 heterocycles. The molecule has 0 spiro atoms. The van der Waals surface area contributed by atoms with Crippen molar-refractivity contribution in [1.82, 2.24) is 9.88 Å². The summed E-state index contributed by atoms with van der Waals surface area (Å²) >= 11 is 1.55. The molecule has 0 saturated carbocycles. The number of hydrogen-bond donors (Lipinski definition) is 0. The highest BCUT2D eigenvalue weighted by molar-refractivity contribution is 7.17. The summed E-state index contributed by atoms with van der Waals surface area (Å²) < 4.78 is 0. The molecule has 1 aromatic rings. The van der Waals surface area contributed by atoms with Crippen LogP contribution in [0.1, 0.15) is 42.6 Å². The fourth-order valence-electron chi connectivity index (χ4n) is 2.63. The zero-order chi connectivity index (χ0) is 13.8. The summed E-state index contributed by atoms with van der Waals surface area (Å²) in [6.45, 7) is 10.8. The third-order valence-electron chi connectivity index (χ3n) is 3.75. The van der Waals surface area contributed by atoms with Gasteiger partial charge in [-0.1, -0.05) is 31.6 Å². The predicted molar refractivity (Wildman–Crippen MR) is 80.4 cm³/mol. The maximum absolute atomic E-state index is 11.1. The van der Waals surface area contributed by atoms with E-state index in [4.69, 9.17) is 0 Å². The highest BCUT2D eigenvalue weighted by Gasteiger charge is 2.25. The minimum Gasteiger partial charge on any atom is -0.345 e. The van der Waals surface area contributed by atoms with Crippen LogP contribution in [-0.2, 0) is 6.42 Å². The molecule has 0 amide bonds. The van der Waals surface area contributed by atoms with Crippen molar-refractivity contribution in [3.63, 3.8) is 0 Å². The molecule has 1 aliphatic heterocycles. The van der Waals surface area contributed by atoms with Gasteiger partial charge < -0.3 is 4.90 Å². The van der Waals surface area contributed by atoms with Crippen molar-refractivity contribution in [1.29, 1.82) is 0 Å². The lowest BCUT2D eigenvalue weighted by atomic mass is 10.2. The van der Waals surface area contributed by atoms with Gasteiger partial charge in [0, 0.05) is 25.7 Å². The van der Waals surface area contributed by atoms with Crippen LogP contribution in [0.4, 0.5) is 5.13 Å². The summed E-state index contributed by atoms with van der Waals surface area (Å²) in [5.41, 5.74) is 0.975. The maximum atomic E-state index is 11.1. The van der Waals surface area contributed by atoms with Crippen LogP contribution in [0.15, 0.2) is 0 Å². The van der Waals surface area contributed by atoms with Gasteiger partial charge in [0.15, 0.2) is 11.4 Å². The molecular formula is C14H23N3OS. The Kier molecular flexibility index (Phi) is 4.93. The fourth-order valence-corrected chi connectivity index (χ4v) is 3.59. The molecule has 1 atom stereocenters. The van der Waals surface area contributed by atoms with E-state index in [1.165, 1.54) is 0 Å². The second-order valence-electron chi connectivity index (χ2n) is 5.10. The minimum atomic E-state index is 0.553. The lowest BCUT2D eigenvalue weighted by molar-refractivity contribution is 0.112. The van der Waals surface area contributed by atoms with Gasteiger partial charge in [0.25, 0.3) is 0 Å². The van der Waals surface area contributed by atoms with Crippen LogP contribution in [0.2, 0.25) is 0 Å². The van der Waals surface area contributed by atoms with Crippen LogP contribution in [0.25, 0.3) is 0 Å². The van der Waals surface area contributed by atoms with E-state index in [9.17, 15) is 4.79 Å². The second-order valence-corrected chi connectivity index (χ2v) is 6.11. The summed E-state index contributed by atoms with van der Waals surface area (Å²) in [5, 5.41) is 1.02. The first-order valence-corrected chi connectivity index (χ1v) is 7.95. The summed E-state index contributed by atoms with van der Waals surface area (Å²) in [5.74, 6) is 0. The number of hydrogen-bond acceptors (Lipinski definition) is 5. The van der Waals surface area contributed by atoms with Crippen LogP contribution in [0.3, 0.4) is 0 Å². The number of piperazine rings is 1. The number of aromatic nitrogens is 1. The first kappa shape index (κ1) is 14.5. The molecule has 0 bridgehead atoms. The summed E-state index contributed by atoms with van der Waals surface area (Å²) in [6, 6.07) is 0.553. The standard InChI is InChI=1S/C14H23N3OS/c1-4-6-12-13(10-18)19-14(15-12)17-8-7-16(5-2)11(3)9-17/h10-11H,4-9H2,1-3H3. The Bertz CT molecular complexity index is 432. The van der Waals surface area contributed by atoms with Crippen LogP contribution in [-0.4, -0.2) is 48.4 Å². The highest BCUT2D eigenvalue weighted by atomic mass is 32.1. The van der Waals surface area contributed by atoms with Gasteiger partial charge in [0.2, 0.25) is 0 Å². The van der Waals surface area contributed by atoms with Gasteiger partial charge in [-0.15, -0.1) is 0 Å². The number of likely N-dealkylation sites (N-methyl/N-ethyl adjacent to an activating group) is 1. The molecule has 1 aromatic heterocycles. The second kappa shape index (κ2) is 6.48. The molecule has 1 fully saturated rings. The number of carbonyl (C=O) groups is 1. The maximum Gasteiger partial charge on any atom is 0.186 e. The molecule has 106 valence electrons. The van der Waals surface area contributed by atoms with E-state index < -0.39 is 0 Å². The summed E-state index contributed by atoms with van der Waals surface area (Å²) in [7, 11) is 0. The van der Waals surface area contributed by atoms with Crippen molar-refractivity contribution >= 4 is 22.8 Å². The van der Waals surface area contributed by atoms with Gasteiger partial charge in [0.05, 0.1) is 10.6 Å². The van der Waals surface area contributed by atoms with E-state index in [2.05, 4.69) is 35.6 Å². The van der Waals surface area contributed by atoms with E-state index in [1.807, 2.05) is 0 Å². The van der Waals surface area contributed by atoms with Gasteiger partial charge in [-0.3, -0.25) is 9.69 Å². The zero-order valence-corrected chi connectivity index (χ0v) is 12.9. The van der Waals surface area contributed by atoms with E-state index in [1.54, 1.807) is 11.3 Å². The average Bonchev–Trinajstić information content (AvgIpc) is 2.82. The number of rotatable bonds is 5. The fraction of sp³-hybridized carbons (Fsp3) is 0.714. The van der Waals surface area contributed by atoms with Crippen LogP contribution < -0.4 is 4.90 Å². The molecule has 1 unspecified atom stereocenters. The van der Waals surface area contributed by atoms with Crippen molar-refractivity contribution in [3.8, 4) is 0 Å². The molecule has 19 heavy (non-hydrogen) atoms. The Morgan fingerprint density at radius 3 is 2.79 bits per heavy atom. The smallest absolute Gasteiger partial charge is 0.186 e. The predicted octanol–water partition coefficient (Wildman–Crippen LogP) is 2.44. The molecule has 5 heteroatoms. The Morgan fingerprint density at radius 1 is 1.42 bits per heavy atom. The third-order valence-corrected chi connectivity index (χ3v) is 4.84. The van der Waals surface area contributed by atoms with Crippen molar-refractivity contribution in [2.24, 2.45) is 0 Å². The number of nitrogens with zero attached hydrogens (tertiary/aromatic N) is 3. The van der Waals surface area contributed by atoms with Crippen molar-refractivity contribution in [3.05, 3.63) is 10.6 Å². The normalized spacial score (nSPS) is 20.8. The molecule has 0 radical (unpaired) electrons. The van der Waals surface area contributed by atoms with Gasteiger partial charge >= 0.3 is 0 Å². The van der Waals surface area contributed by atoms with Crippen LogP contribution in [0, 0.1) is 0 Å². The first-order chi connectivity index (χ1) is 9.19. The van der Waals surface area contributed by atoms with E-state index in [0.29, 0.717) is 6.04 Å². The lowest BCUT2D eigenvalue weighted by Gasteiger charge is -2.39. The third kappa shape index (κ3) is 3.15. The Labute approximate surface area is 119 Å². The van der Waals surface area contributed by atoms with E-state index >= 15 is 0 Å². The molecule has 4 nitrogen and oxygen atoms in total. The molecular weight excluding hydrogens is 258 g/mol.